The minimum absolute atomic E-state index is 0.00855. The molecule has 220 valence electrons. The van der Waals surface area contributed by atoms with Gasteiger partial charge in [-0.25, -0.2) is 4.79 Å². The zero-order chi connectivity index (χ0) is 30.5. The maximum atomic E-state index is 14.0. The van der Waals surface area contributed by atoms with Crippen molar-refractivity contribution >= 4 is 29.1 Å². The molecule has 42 heavy (non-hydrogen) atoms. The van der Waals surface area contributed by atoms with Crippen LogP contribution in [-0.2, 0) is 33.8 Å². The number of amides is 1. The van der Waals surface area contributed by atoms with E-state index >= 15 is 0 Å². The summed E-state index contributed by atoms with van der Waals surface area (Å²) in [4.78, 5) is 52.4. The number of phenols is 1. The number of ketones is 2. The van der Waals surface area contributed by atoms with Gasteiger partial charge in [0.05, 0.1) is 24.2 Å². The summed E-state index contributed by atoms with van der Waals surface area (Å²) in [7, 11) is 4.99. The summed E-state index contributed by atoms with van der Waals surface area (Å²) in [5, 5.41) is 36.2. The molecule has 3 aliphatic rings. The average molecular weight is 576 g/mol. The fourth-order valence-electron chi connectivity index (χ4n) is 6.49. The molecule has 0 aromatic heterocycles. The molecule has 1 amide bonds. The third kappa shape index (κ3) is 4.79. The summed E-state index contributed by atoms with van der Waals surface area (Å²) >= 11 is 0. The second-order valence-electron chi connectivity index (χ2n) is 11.2. The van der Waals surface area contributed by atoms with Crippen molar-refractivity contribution in [3.05, 3.63) is 80.8 Å². The summed E-state index contributed by atoms with van der Waals surface area (Å²) in [6.45, 7) is 0.640. The number of primary amides is 1. The quantitative estimate of drug-likeness (QED) is 0.243. The first-order chi connectivity index (χ1) is 19.9. The van der Waals surface area contributed by atoms with Gasteiger partial charge in [-0.05, 0) is 54.0 Å². The van der Waals surface area contributed by atoms with E-state index in [1.165, 1.54) is 7.11 Å². The van der Waals surface area contributed by atoms with Crippen molar-refractivity contribution in [2.45, 2.75) is 32.4 Å². The molecule has 6 N–H and O–H groups in total. The van der Waals surface area contributed by atoms with Gasteiger partial charge < -0.3 is 36.0 Å². The Bertz CT molecular complexity index is 1570. The van der Waals surface area contributed by atoms with Crippen molar-refractivity contribution in [1.82, 2.24) is 5.32 Å². The second-order valence-corrected chi connectivity index (χ2v) is 11.2. The van der Waals surface area contributed by atoms with Crippen LogP contribution in [-0.4, -0.2) is 60.0 Å². The highest BCUT2D eigenvalue weighted by Gasteiger charge is 2.50. The number of hydrogen-bond donors (Lipinski definition) is 5. The smallest absolute Gasteiger partial charge is 0.337 e. The molecule has 0 saturated carbocycles. The van der Waals surface area contributed by atoms with Gasteiger partial charge in [0.25, 0.3) is 5.91 Å². The Morgan fingerprint density at radius 3 is 2.38 bits per heavy atom. The molecule has 0 bridgehead atoms. The Hall–Kier alpha value is -4.64. The van der Waals surface area contributed by atoms with Crippen LogP contribution in [0.25, 0.3) is 0 Å². The largest absolute Gasteiger partial charge is 0.511 e. The predicted octanol–water partition coefficient (Wildman–Crippen LogP) is 2.61. The lowest BCUT2D eigenvalue weighted by atomic mass is 9.62. The van der Waals surface area contributed by atoms with Gasteiger partial charge in [0, 0.05) is 50.4 Å². The minimum atomic E-state index is -1.16. The predicted molar refractivity (Wildman–Crippen MR) is 152 cm³/mol. The molecular formula is C31H33N3O8. The lowest BCUT2D eigenvalue weighted by molar-refractivity contribution is -0.126. The number of nitrogens with one attached hydrogen (secondary N) is 1. The molecule has 0 radical (unpaired) electrons. The van der Waals surface area contributed by atoms with E-state index in [1.807, 2.05) is 25.1 Å². The van der Waals surface area contributed by atoms with Crippen molar-refractivity contribution in [3.8, 4) is 5.75 Å². The number of benzene rings is 2. The van der Waals surface area contributed by atoms with Crippen molar-refractivity contribution in [3.63, 3.8) is 0 Å². The van der Waals surface area contributed by atoms with Gasteiger partial charge in [-0.3, -0.25) is 14.4 Å². The van der Waals surface area contributed by atoms with E-state index in [9.17, 15) is 34.5 Å². The lowest BCUT2D eigenvalue weighted by Crippen LogP contribution is -2.43. The third-order valence-electron chi connectivity index (χ3n) is 8.44. The number of nitrogens with two attached hydrogens (primary N) is 1. The number of esters is 1. The summed E-state index contributed by atoms with van der Waals surface area (Å²) < 4.78 is 4.72. The normalized spacial score (nSPS) is 21.5. The first kappa shape index (κ1) is 28.9. The second kappa shape index (κ2) is 11.0. The van der Waals surface area contributed by atoms with E-state index in [4.69, 9.17) is 10.5 Å². The van der Waals surface area contributed by atoms with Gasteiger partial charge in [-0.15, -0.1) is 0 Å². The van der Waals surface area contributed by atoms with Crippen molar-refractivity contribution in [1.29, 1.82) is 0 Å². The van der Waals surface area contributed by atoms with E-state index in [0.29, 0.717) is 36.1 Å². The molecule has 2 aromatic rings. The van der Waals surface area contributed by atoms with E-state index < -0.39 is 58.3 Å². The highest BCUT2D eigenvalue weighted by Crippen LogP contribution is 2.51. The van der Waals surface area contributed by atoms with Gasteiger partial charge in [0.15, 0.2) is 11.6 Å². The van der Waals surface area contributed by atoms with Crippen molar-refractivity contribution in [2.75, 3.05) is 26.1 Å². The summed E-state index contributed by atoms with van der Waals surface area (Å²) in [6.07, 6.45) is 0.667. The van der Waals surface area contributed by atoms with Crippen LogP contribution >= 0.6 is 0 Å². The minimum Gasteiger partial charge on any atom is -0.511 e. The summed E-state index contributed by atoms with van der Waals surface area (Å²) in [5.41, 5.74) is 8.09. The molecule has 3 atom stereocenters. The van der Waals surface area contributed by atoms with Crippen molar-refractivity contribution < 1.29 is 39.2 Å². The first-order valence-electron chi connectivity index (χ1n) is 13.6. The molecule has 3 unspecified atom stereocenters. The number of ether oxygens (including phenoxy) is 1. The number of phenolic OH excluding ortho intramolecular Hbond substituents is 1. The number of hydrogen-bond acceptors (Lipinski definition) is 10. The zero-order valence-corrected chi connectivity index (χ0v) is 23.6. The average Bonchev–Trinajstić information content (AvgIpc) is 2.93. The Balaban J connectivity index is 1.46. The number of allylic oxidation sites excluding steroid dienone is 3. The van der Waals surface area contributed by atoms with Crippen LogP contribution in [0.2, 0.25) is 0 Å². The number of aliphatic hydroxyl groups is 2. The fourth-order valence-corrected chi connectivity index (χ4v) is 6.49. The molecular weight excluding hydrogens is 542 g/mol. The standard InChI is InChI=1S/C31H33N3O8/c1-34(2)20-10-18(13-33-12-14-4-6-15(7-5-14)31(41)42-3)26(36)24-19(20)9-16-8-17-11-21(35)25(30(32)40)29(39)23(17)27(37)22(16)28(24)38/h4-7,10,16-17,23,33,35-37H,8-9,11-13H2,1-3H3,(H2,32,40). The van der Waals surface area contributed by atoms with Crippen molar-refractivity contribution in [2.24, 2.45) is 23.5 Å². The van der Waals surface area contributed by atoms with E-state index in [0.717, 1.165) is 11.3 Å². The highest BCUT2D eigenvalue weighted by atomic mass is 16.5. The SMILES string of the molecule is COC(=O)c1ccc(CNCc2cc(N(C)C)c3c(c2O)C(=O)C2=C(O)C4C(=O)C(C(N)=O)=C(O)CC4CC2C3)cc1. The van der Waals surface area contributed by atoms with Crippen LogP contribution in [0.4, 0.5) is 5.69 Å². The summed E-state index contributed by atoms with van der Waals surface area (Å²) in [5.74, 6) is -5.99. The molecule has 11 nitrogen and oxygen atoms in total. The van der Waals surface area contributed by atoms with E-state index in [-0.39, 0.29) is 29.9 Å². The maximum Gasteiger partial charge on any atom is 0.337 e. The Morgan fingerprint density at radius 2 is 1.76 bits per heavy atom. The topological polar surface area (TPSA) is 179 Å². The molecule has 5 rings (SSSR count). The van der Waals surface area contributed by atoms with Gasteiger partial charge in [-0.1, -0.05) is 12.1 Å². The molecule has 0 fully saturated rings. The number of fused-ring (bicyclic) bond motifs is 3. The fraction of sp³-hybridized carbons (Fsp3) is 0.355. The molecule has 0 heterocycles. The number of rotatable bonds is 7. The van der Waals surface area contributed by atoms with E-state index in [2.05, 4.69) is 5.32 Å². The van der Waals surface area contributed by atoms with Crippen LogP contribution in [0.3, 0.4) is 0 Å². The Labute approximate surface area is 242 Å². The molecule has 11 heteroatoms. The van der Waals surface area contributed by atoms with Gasteiger partial charge in [0.2, 0.25) is 0 Å². The maximum absolute atomic E-state index is 14.0. The van der Waals surface area contributed by atoms with E-state index in [1.54, 1.807) is 24.3 Å². The molecule has 0 spiro atoms. The number of nitrogens with zero attached hydrogens (tertiary/aromatic N) is 1. The van der Waals surface area contributed by atoms with Crippen LogP contribution < -0.4 is 16.0 Å². The van der Waals surface area contributed by atoms with Gasteiger partial charge in [-0.2, -0.15) is 0 Å². The lowest BCUT2D eigenvalue weighted by Gasteiger charge is -2.41. The molecule has 0 aliphatic heterocycles. The zero-order valence-electron chi connectivity index (χ0n) is 23.6. The van der Waals surface area contributed by atoms with Gasteiger partial charge in [0.1, 0.15) is 22.8 Å². The number of Topliss-reactive ketones (excluding diaryl/α,β-unsaturated/α-hetero) is 2. The number of carbonyl (C=O) groups is 4. The number of anilines is 1. The summed E-state index contributed by atoms with van der Waals surface area (Å²) in [6, 6.07) is 8.73. The Kier molecular flexibility index (Phi) is 7.55. The monoisotopic (exact) mass is 575 g/mol. The highest BCUT2D eigenvalue weighted by molar-refractivity contribution is 6.22. The molecule has 3 aliphatic carbocycles. The Morgan fingerprint density at radius 1 is 1.07 bits per heavy atom. The molecule has 0 saturated heterocycles. The van der Waals surface area contributed by atoms with Gasteiger partial charge >= 0.3 is 5.97 Å². The van der Waals surface area contributed by atoms with Crippen LogP contribution in [0.5, 0.6) is 5.75 Å². The number of aromatic hydroxyl groups is 1. The number of aliphatic hydroxyl groups excluding tert-OH is 2. The molecule has 2 aromatic carbocycles. The first-order valence-corrected chi connectivity index (χ1v) is 13.6. The number of methoxy groups -OCH3 is 1. The third-order valence-corrected chi connectivity index (χ3v) is 8.44. The van der Waals surface area contributed by atoms with Crippen LogP contribution in [0, 0.1) is 17.8 Å². The van der Waals surface area contributed by atoms with Crippen LogP contribution in [0.1, 0.15) is 50.2 Å². The van der Waals surface area contributed by atoms with Crippen LogP contribution in [0.15, 0.2) is 53.0 Å². The number of carbonyl (C=O) groups excluding carboxylic acids is 4.